The minimum Gasteiger partial charge on any atom is -0.392 e. The van der Waals surface area contributed by atoms with Gasteiger partial charge in [0, 0.05) is 6.54 Å². The fraction of sp³-hybridized carbons (Fsp3) is 1.00. The van der Waals surface area contributed by atoms with Gasteiger partial charge in [-0.05, 0) is 40.5 Å². The highest BCUT2D eigenvalue weighted by molar-refractivity contribution is 4.53. The summed E-state index contributed by atoms with van der Waals surface area (Å²) in [5.74, 6) is 0. The van der Waals surface area contributed by atoms with Crippen molar-refractivity contribution in [2.75, 3.05) is 33.7 Å². The monoisotopic (exact) mass is 160 g/mol. The highest BCUT2D eigenvalue weighted by Crippen LogP contribution is 1.81. The second-order valence-electron chi connectivity index (χ2n) is 3.21. The van der Waals surface area contributed by atoms with Gasteiger partial charge in [0.05, 0.1) is 6.10 Å². The molecule has 0 fully saturated rings. The third-order valence-electron chi connectivity index (χ3n) is 1.40. The molecule has 0 aliphatic rings. The zero-order valence-electron chi connectivity index (χ0n) is 7.80. The summed E-state index contributed by atoms with van der Waals surface area (Å²) in [4.78, 5) is 2.16. The standard InChI is InChI=1S/C8H20N2O/c1-8(11)7-9-5-4-6-10(2)3/h8-9,11H,4-7H2,1-3H3. The van der Waals surface area contributed by atoms with Crippen LogP contribution in [0.15, 0.2) is 0 Å². The molecule has 0 aromatic carbocycles. The van der Waals surface area contributed by atoms with Crippen LogP contribution in [0.4, 0.5) is 0 Å². The molecule has 0 amide bonds. The summed E-state index contributed by atoms with van der Waals surface area (Å²) in [5.41, 5.74) is 0. The Morgan fingerprint density at radius 2 is 2.09 bits per heavy atom. The van der Waals surface area contributed by atoms with E-state index in [1.807, 2.05) is 0 Å². The van der Waals surface area contributed by atoms with E-state index in [2.05, 4.69) is 24.3 Å². The molecule has 3 heteroatoms. The molecule has 1 atom stereocenters. The second kappa shape index (κ2) is 6.58. The summed E-state index contributed by atoms with van der Waals surface area (Å²) in [6.07, 6.45) is 0.911. The molecule has 0 bridgehead atoms. The molecule has 3 nitrogen and oxygen atoms in total. The van der Waals surface area contributed by atoms with Crippen molar-refractivity contribution in [2.45, 2.75) is 19.4 Å². The van der Waals surface area contributed by atoms with Gasteiger partial charge in [-0.1, -0.05) is 0 Å². The van der Waals surface area contributed by atoms with Crippen LogP contribution in [-0.4, -0.2) is 49.8 Å². The molecule has 0 spiro atoms. The summed E-state index contributed by atoms with van der Waals surface area (Å²) in [5, 5.41) is 12.1. The Bertz CT molecular complexity index is 74.2. The Morgan fingerprint density at radius 1 is 1.45 bits per heavy atom. The average Bonchev–Trinajstić information content (AvgIpc) is 1.85. The Morgan fingerprint density at radius 3 is 2.55 bits per heavy atom. The number of nitrogens with one attached hydrogen (secondary N) is 1. The van der Waals surface area contributed by atoms with Crippen molar-refractivity contribution in [1.29, 1.82) is 0 Å². The van der Waals surface area contributed by atoms with E-state index in [9.17, 15) is 0 Å². The number of rotatable bonds is 6. The SMILES string of the molecule is CC(O)CNCCCN(C)C. The summed E-state index contributed by atoms with van der Waals surface area (Å²) < 4.78 is 0. The van der Waals surface area contributed by atoms with Gasteiger partial charge in [0.1, 0.15) is 0 Å². The molecule has 2 N–H and O–H groups in total. The van der Waals surface area contributed by atoms with Crippen LogP contribution in [0.1, 0.15) is 13.3 Å². The third kappa shape index (κ3) is 9.88. The minimum atomic E-state index is -0.227. The molecule has 0 aromatic rings. The van der Waals surface area contributed by atoms with E-state index in [0.717, 1.165) is 19.5 Å². The van der Waals surface area contributed by atoms with E-state index in [1.165, 1.54) is 0 Å². The molecule has 0 radical (unpaired) electrons. The van der Waals surface area contributed by atoms with Crippen molar-refractivity contribution in [3.63, 3.8) is 0 Å². The normalized spacial score (nSPS) is 13.9. The van der Waals surface area contributed by atoms with Crippen molar-refractivity contribution >= 4 is 0 Å². The van der Waals surface area contributed by atoms with Crippen LogP contribution >= 0.6 is 0 Å². The van der Waals surface area contributed by atoms with Gasteiger partial charge in [-0.2, -0.15) is 0 Å². The topological polar surface area (TPSA) is 35.5 Å². The molecule has 0 aliphatic heterocycles. The van der Waals surface area contributed by atoms with Gasteiger partial charge in [-0.3, -0.25) is 0 Å². The summed E-state index contributed by atoms with van der Waals surface area (Å²) in [6, 6.07) is 0. The lowest BCUT2D eigenvalue weighted by Gasteiger charge is -2.10. The average molecular weight is 160 g/mol. The molecular weight excluding hydrogens is 140 g/mol. The molecule has 0 heterocycles. The number of hydrogen-bond acceptors (Lipinski definition) is 3. The maximum atomic E-state index is 8.89. The van der Waals surface area contributed by atoms with Crippen molar-refractivity contribution < 1.29 is 5.11 Å². The molecule has 0 rings (SSSR count). The van der Waals surface area contributed by atoms with Gasteiger partial charge in [0.25, 0.3) is 0 Å². The van der Waals surface area contributed by atoms with Gasteiger partial charge in [-0.15, -0.1) is 0 Å². The van der Waals surface area contributed by atoms with Crippen molar-refractivity contribution in [3.8, 4) is 0 Å². The van der Waals surface area contributed by atoms with Crippen molar-refractivity contribution in [2.24, 2.45) is 0 Å². The van der Waals surface area contributed by atoms with Crippen LogP contribution < -0.4 is 5.32 Å². The van der Waals surface area contributed by atoms with Crippen LogP contribution in [0, 0.1) is 0 Å². The predicted octanol–water partition coefficient (Wildman–Crippen LogP) is -0.0915. The first-order valence-corrected chi connectivity index (χ1v) is 4.16. The van der Waals surface area contributed by atoms with E-state index in [-0.39, 0.29) is 6.10 Å². The van der Waals surface area contributed by atoms with Crippen molar-refractivity contribution in [1.82, 2.24) is 10.2 Å². The van der Waals surface area contributed by atoms with Crippen molar-refractivity contribution in [3.05, 3.63) is 0 Å². The maximum Gasteiger partial charge on any atom is 0.0636 e. The van der Waals surface area contributed by atoms with Gasteiger partial charge in [0.2, 0.25) is 0 Å². The Kier molecular flexibility index (Phi) is 6.51. The van der Waals surface area contributed by atoms with Crippen LogP contribution in [-0.2, 0) is 0 Å². The van der Waals surface area contributed by atoms with E-state index in [1.54, 1.807) is 6.92 Å². The van der Waals surface area contributed by atoms with E-state index in [4.69, 9.17) is 5.11 Å². The van der Waals surface area contributed by atoms with Crippen LogP contribution in [0.3, 0.4) is 0 Å². The zero-order valence-corrected chi connectivity index (χ0v) is 7.80. The molecule has 0 saturated heterocycles. The van der Waals surface area contributed by atoms with Crippen LogP contribution in [0.2, 0.25) is 0 Å². The highest BCUT2D eigenvalue weighted by atomic mass is 16.3. The summed E-state index contributed by atoms with van der Waals surface area (Å²) in [7, 11) is 4.13. The number of nitrogens with zero attached hydrogens (tertiary/aromatic N) is 1. The number of aliphatic hydroxyl groups excluding tert-OH is 1. The Labute approximate surface area is 69.4 Å². The third-order valence-corrected chi connectivity index (χ3v) is 1.40. The van der Waals surface area contributed by atoms with E-state index >= 15 is 0 Å². The first-order chi connectivity index (χ1) is 5.13. The lowest BCUT2D eigenvalue weighted by molar-refractivity contribution is 0.191. The lowest BCUT2D eigenvalue weighted by Crippen LogP contribution is -2.27. The Hall–Kier alpha value is -0.120. The maximum absolute atomic E-state index is 8.89. The molecular formula is C8H20N2O. The predicted molar refractivity (Wildman–Crippen MR) is 47.7 cm³/mol. The lowest BCUT2D eigenvalue weighted by atomic mass is 10.3. The molecule has 68 valence electrons. The largest absolute Gasteiger partial charge is 0.392 e. The molecule has 0 aromatic heterocycles. The quantitative estimate of drug-likeness (QED) is 0.533. The van der Waals surface area contributed by atoms with Crippen LogP contribution in [0.5, 0.6) is 0 Å². The minimum absolute atomic E-state index is 0.227. The zero-order chi connectivity index (χ0) is 8.69. The van der Waals surface area contributed by atoms with Crippen LogP contribution in [0.25, 0.3) is 0 Å². The number of aliphatic hydroxyl groups is 1. The smallest absolute Gasteiger partial charge is 0.0636 e. The fourth-order valence-electron chi connectivity index (χ4n) is 0.831. The first kappa shape index (κ1) is 10.9. The van der Waals surface area contributed by atoms with E-state index < -0.39 is 0 Å². The van der Waals surface area contributed by atoms with Gasteiger partial charge < -0.3 is 15.3 Å². The molecule has 0 saturated carbocycles. The fourth-order valence-corrected chi connectivity index (χ4v) is 0.831. The second-order valence-corrected chi connectivity index (χ2v) is 3.21. The summed E-state index contributed by atoms with van der Waals surface area (Å²) in [6.45, 7) is 4.59. The molecule has 0 aliphatic carbocycles. The Balaban J connectivity index is 2.91. The first-order valence-electron chi connectivity index (χ1n) is 4.16. The van der Waals surface area contributed by atoms with Gasteiger partial charge in [0.15, 0.2) is 0 Å². The molecule has 1 unspecified atom stereocenters. The van der Waals surface area contributed by atoms with Gasteiger partial charge >= 0.3 is 0 Å². The molecule has 11 heavy (non-hydrogen) atoms. The summed E-state index contributed by atoms with van der Waals surface area (Å²) >= 11 is 0. The van der Waals surface area contributed by atoms with Gasteiger partial charge in [-0.25, -0.2) is 0 Å². The highest BCUT2D eigenvalue weighted by Gasteiger charge is 1.93. The number of hydrogen-bond donors (Lipinski definition) is 2. The van der Waals surface area contributed by atoms with E-state index in [0.29, 0.717) is 6.54 Å².